The summed E-state index contributed by atoms with van der Waals surface area (Å²) < 4.78 is 2.48. The first-order valence-corrected chi connectivity index (χ1v) is 6.66. The molecular formula is C11H15N5O2S. The van der Waals surface area contributed by atoms with Gasteiger partial charge in [0, 0.05) is 26.8 Å². The molecule has 0 aliphatic rings. The highest BCUT2D eigenvalue weighted by atomic mass is 32.1. The maximum atomic E-state index is 11.9. The van der Waals surface area contributed by atoms with E-state index in [1.54, 1.807) is 13.2 Å². The Balaban J connectivity index is 2.20. The van der Waals surface area contributed by atoms with Crippen molar-refractivity contribution >= 4 is 16.5 Å². The summed E-state index contributed by atoms with van der Waals surface area (Å²) >= 11 is 1.46. The fourth-order valence-electron chi connectivity index (χ4n) is 1.64. The van der Waals surface area contributed by atoms with Crippen LogP contribution in [0, 0.1) is 0 Å². The minimum absolute atomic E-state index is 0.296. The van der Waals surface area contributed by atoms with Crippen molar-refractivity contribution in [1.82, 2.24) is 19.3 Å². The summed E-state index contributed by atoms with van der Waals surface area (Å²) in [7, 11) is 3.08. The average Bonchev–Trinajstić information content (AvgIpc) is 2.87. The summed E-state index contributed by atoms with van der Waals surface area (Å²) in [6.45, 7) is 2.33. The van der Waals surface area contributed by atoms with E-state index < -0.39 is 0 Å². The summed E-state index contributed by atoms with van der Waals surface area (Å²) in [6.07, 6.45) is 2.38. The van der Waals surface area contributed by atoms with E-state index in [4.69, 9.17) is 0 Å². The van der Waals surface area contributed by atoms with Gasteiger partial charge >= 0.3 is 5.69 Å². The van der Waals surface area contributed by atoms with Gasteiger partial charge in [-0.05, 0) is 6.42 Å². The van der Waals surface area contributed by atoms with Crippen LogP contribution in [-0.2, 0) is 27.1 Å². The maximum absolute atomic E-state index is 11.9. The van der Waals surface area contributed by atoms with E-state index in [2.05, 4.69) is 15.5 Å². The van der Waals surface area contributed by atoms with Gasteiger partial charge in [-0.15, -0.1) is 10.2 Å². The van der Waals surface area contributed by atoms with Crippen molar-refractivity contribution in [2.24, 2.45) is 14.1 Å². The predicted molar refractivity (Wildman–Crippen MR) is 73.5 cm³/mol. The van der Waals surface area contributed by atoms with Gasteiger partial charge in [-0.1, -0.05) is 18.3 Å². The van der Waals surface area contributed by atoms with Crippen LogP contribution in [-0.4, -0.2) is 19.3 Å². The molecule has 1 N–H and O–H groups in total. The van der Waals surface area contributed by atoms with Crippen LogP contribution in [0.4, 0.5) is 5.13 Å². The highest BCUT2D eigenvalue weighted by molar-refractivity contribution is 7.15. The number of anilines is 1. The molecule has 2 aromatic heterocycles. The summed E-state index contributed by atoms with van der Waals surface area (Å²) in [6, 6.07) is 0. The Morgan fingerprint density at radius 1 is 1.32 bits per heavy atom. The third kappa shape index (κ3) is 2.73. The van der Waals surface area contributed by atoms with E-state index in [0.29, 0.717) is 17.2 Å². The Morgan fingerprint density at radius 2 is 2.05 bits per heavy atom. The normalized spacial score (nSPS) is 10.7. The molecule has 2 aromatic rings. The lowest BCUT2D eigenvalue weighted by atomic mass is 10.3. The van der Waals surface area contributed by atoms with E-state index in [9.17, 15) is 9.59 Å². The first-order chi connectivity index (χ1) is 9.02. The molecule has 0 spiro atoms. The van der Waals surface area contributed by atoms with Crippen LogP contribution in [0.25, 0.3) is 0 Å². The van der Waals surface area contributed by atoms with Crippen LogP contribution in [0.1, 0.15) is 17.5 Å². The van der Waals surface area contributed by atoms with Crippen LogP contribution in [0.15, 0.2) is 15.8 Å². The Labute approximate surface area is 113 Å². The lowest BCUT2D eigenvalue weighted by Crippen LogP contribution is -2.38. The Bertz CT molecular complexity index is 700. The maximum Gasteiger partial charge on any atom is 0.330 e. The number of nitrogens with one attached hydrogen (secondary N) is 1. The van der Waals surface area contributed by atoms with Gasteiger partial charge in [0.25, 0.3) is 5.56 Å². The second-order valence-corrected chi connectivity index (χ2v) is 5.18. The van der Waals surface area contributed by atoms with Gasteiger partial charge in [0.15, 0.2) is 0 Å². The van der Waals surface area contributed by atoms with E-state index in [1.165, 1.54) is 23.0 Å². The zero-order chi connectivity index (χ0) is 14.0. The monoisotopic (exact) mass is 281 g/mol. The predicted octanol–water partition coefficient (Wildman–Crippen LogP) is 0.110. The van der Waals surface area contributed by atoms with Crippen molar-refractivity contribution in [3.8, 4) is 0 Å². The standard InChI is InChI=1S/C11H15N5O2S/c1-4-8-13-14-10(19-8)12-5-7-6-15(2)11(18)16(3)9(7)17/h6H,4-5H2,1-3H3,(H,12,14). The van der Waals surface area contributed by atoms with E-state index in [0.717, 1.165) is 16.0 Å². The van der Waals surface area contributed by atoms with Gasteiger partial charge in [-0.3, -0.25) is 9.36 Å². The molecule has 0 radical (unpaired) electrons. The zero-order valence-electron chi connectivity index (χ0n) is 11.0. The molecule has 0 atom stereocenters. The third-order valence-corrected chi connectivity index (χ3v) is 3.74. The van der Waals surface area contributed by atoms with Gasteiger partial charge < -0.3 is 9.88 Å². The van der Waals surface area contributed by atoms with Crippen molar-refractivity contribution in [1.29, 1.82) is 0 Å². The molecule has 0 aromatic carbocycles. The van der Waals surface area contributed by atoms with E-state index >= 15 is 0 Å². The number of rotatable bonds is 4. The molecule has 0 saturated heterocycles. The molecule has 0 aliphatic carbocycles. The molecular weight excluding hydrogens is 266 g/mol. The number of hydrogen-bond acceptors (Lipinski definition) is 6. The van der Waals surface area contributed by atoms with Crippen LogP contribution in [0.2, 0.25) is 0 Å². The molecule has 0 saturated carbocycles. The molecule has 0 fully saturated rings. The van der Waals surface area contributed by atoms with Crippen LogP contribution in [0.5, 0.6) is 0 Å². The van der Waals surface area contributed by atoms with Gasteiger partial charge in [0.2, 0.25) is 5.13 Å². The summed E-state index contributed by atoms with van der Waals surface area (Å²) in [5.41, 5.74) is -0.119. The molecule has 0 amide bonds. The Morgan fingerprint density at radius 3 is 2.68 bits per heavy atom. The molecule has 102 valence electrons. The first kappa shape index (κ1) is 13.5. The topological polar surface area (TPSA) is 81.8 Å². The molecule has 7 nitrogen and oxygen atoms in total. The average molecular weight is 281 g/mol. The molecule has 0 bridgehead atoms. The lowest BCUT2D eigenvalue weighted by Gasteiger charge is -2.06. The SMILES string of the molecule is CCc1nnc(NCc2cn(C)c(=O)n(C)c2=O)s1. The number of aromatic nitrogens is 4. The number of hydrogen-bond donors (Lipinski definition) is 1. The quantitative estimate of drug-likeness (QED) is 0.860. The number of aryl methyl sites for hydroxylation is 2. The van der Waals surface area contributed by atoms with Crippen molar-refractivity contribution in [3.63, 3.8) is 0 Å². The molecule has 2 heterocycles. The fourth-order valence-corrected chi connectivity index (χ4v) is 2.32. The van der Waals surface area contributed by atoms with Gasteiger partial charge in [-0.2, -0.15) is 0 Å². The lowest BCUT2D eigenvalue weighted by molar-refractivity contribution is 0.671. The van der Waals surface area contributed by atoms with Gasteiger partial charge in [0.1, 0.15) is 5.01 Å². The van der Waals surface area contributed by atoms with Gasteiger partial charge in [0.05, 0.1) is 5.56 Å². The highest BCUT2D eigenvalue weighted by Gasteiger charge is 2.08. The molecule has 0 aliphatic heterocycles. The summed E-state index contributed by atoms with van der Waals surface area (Å²) in [5, 5.41) is 12.6. The molecule has 0 unspecified atom stereocenters. The van der Waals surface area contributed by atoms with Gasteiger partial charge in [-0.25, -0.2) is 4.79 Å². The molecule has 2 rings (SSSR count). The zero-order valence-corrected chi connectivity index (χ0v) is 11.8. The van der Waals surface area contributed by atoms with E-state index in [-0.39, 0.29) is 11.2 Å². The second kappa shape index (κ2) is 5.35. The smallest absolute Gasteiger partial charge is 0.330 e. The van der Waals surface area contributed by atoms with Crippen LogP contribution >= 0.6 is 11.3 Å². The third-order valence-electron chi connectivity index (χ3n) is 2.72. The minimum atomic E-state index is -0.335. The number of nitrogens with zero attached hydrogens (tertiary/aromatic N) is 4. The largest absolute Gasteiger partial charge is 0.356 e. The van der Waals surface area contributed by atoms with Crippen LogP contribution < -0.4 is 16.6 Å². The van der Waals surface area contributed by atoms with Crippen LogP contribution in [0.3, 0.4) is 0 Å². The van der Waals surface area contributed by atoms with E-state index in [1.807, 2.05) is 6.92 Å². The fraction of sp³-hybridized carbons (Fsp3) is 0.455. The van der Waals surface area contributed by atoms with Crippen molar-refractivity contribution in [3.05, 3.63) is 37.6 Å². The molecule has 19 heavy (non-hydrogen) atoms. The molecule has 8 heteroatoms. The summed E-state index contributed by atoms with van der Waals surface area (Å²) in [4.78, 5) is 23.4. The highest BCUT2D eigenvalue weighted by Crippen LogP contribution is 2.15. The Kier molecular flexibility index (Phi) is 3.79. The van der Waals surface area contributed by atoms with Crippen molar-refractivity contribution in [2.45, 2.75) is 19.9 Å². The van der Waals surface area contributed by atoms with Crippen molar-refractivity contribution in [2.75, 3.05) is 5.32 Å². The first-order valence-electron chi connectivity index (χ1n) is 5.84. The van der Waals surface area contributed by atoms with Crippen molar-refractivity contribution < 1.29 is 0 Å². The minimum Gasteiger partial charge on any atom is -0.356 e. The summed E-state index contributed by atoms with van der Waals surface area (Å²) in [5.74, 6) is 0. The second-order valence-electron chi connectivity index (χ2n) is 4.12. The Hall–Kier alpha value is -1.96.